The molecule has 1 aromatic rings. The number of carboxylic acids is 2. The largest absolute Gasteiger partial charge is 0.480 e. The summed E-state index contributed by atoms with van der Waals surface area (Å²) in [6.07, 6.45) is 2.87. The summed E-state index contributed by atoms with van der Waals surface area (Å²) in [5, 5.41) is 17.8. The fourth-order valence-corrected chi connectivity index (χ4v) is 2.21. The summed E-state index contributed by atoms with van der Waals surface area (Å²) in [6, 6.07) is 3.71. The highest BCUT2D eigenvalue weighted by Crippen LogP contribution is 2.11. The molecule has 0 radical (unpaired) electrons. The van der Waals surface area contributed by atoms with Gasteiger partial charge in [-0.1, -0.05) is 19.3 Å². The summed E-state index contributed by atoms with van der Waals surface area (Å²) in [6.45, 7) is 3.31. The minimum Gasteiger partial charge on any atom is -0.480 e. The van der Waals surface area contributed by atoms with E-state index in [4.69, 9.17) is 10.2 Å². The quantitative estimate of drug-likeness (QED) is 0.674. The van der Waals surface area contributed by atoms with Crippen LogP contribution in [0.15, 0.2) is 12.1 Å². The third kappa shape index (κ3) is 7.43. The third-order valence-corrected chi connectivity index (χ3v) is 3.09. The van der Waals surface area contributed by atoms with E-state index >= 15 is 0 Å². The third-order valence-electron chi connectivity index (χ3n) is 3.09. The Kier molecular flexibility index (Phi) is 7.78. The van der Waals surface area contributed by atoms with E-state index in [-0.39, 0.29) is 19.6 Å². The van der Waals surface area contributed by atoms with Crippen LogP contribution in [0.3, 0.4) is 0 Å². The van der Waals surface area contributed by atoms with Crippen molar-refractivity contribution in [3.05, 3.63) is 29.1 Å². The molecular formula is C17H22N2O4. The number of rotatable bonds is 9. The molecule has 0 aliphatic carbocycles. The van der Waals surface area contributed by atoms with Crippen molar-refractivity contribution in [2.24, 2.45) is 0 Å². The maximum absolute atomic E-state index is 10.9. The Hall–Kier alpha value is -2.39. The zero-order valence-corrected chi connectivity index (χ0v) is 13.5. The van der Waals surface area contributed by atoms with E-state index in [1.165, 1.54) is 4.90 Å². The summed E-state index contributed by atoms with van der Waals surface area (Å²) in [4.78, 5) is 27.6. The van der Waals surface area contributed by atoms with E-state index in [1.807, 2.05) is 6.07 Å². The van der Waals surface area contributed by atoms with Crippen molar-refractivity contribution in [1.82, 2.24) is 9.88 Å². The van der Waals surface area contributed by atoms with Gasteiger partial charge in [-0.25, -0.2) is 0 Å². The van der Waals surface area contributed by atoms with Gasteiger partial charge in [0.05, 0.1) is 18.8 Å². The number of nitrogens with zero attached hydrogens (tertiary/aromatic N) is 2. The van der Waals surface area contributed by atoms with Gasteiger partial charge >= 0.3 is 11.9 Å². The maximum atomic E-state index is 10.9. The van der Waals surface area contributed by atoms with Crippen LogP contribution in [0.5, 0.6) is 0 Å². The molecule has 0 aliphatic heterocycles. The van der Waals surface area contributed by atoms with E-state index in [9.17, 15) is 9.59 Å². The first-order valence-electron chi connectivity index (χ1n) is 7.53. The smallest absolute Gasteiger partial charge is 0.317 e. The highest BCUT2D eigenvalue weighted by molar-refractivity contribution is 5.72. The Labute approximate surface area is 136 Å². The van der Waals surface area contributed by atoms with Gasteiger partial charge in [0.15, 0.2) is 0 Å². The van der Waals surface area contributed by atoms with Gasteiger partial charge in [-0.2, -0.15) is 0 Å². The zero-order chi connectivity index (χ0) is 17.2. The van der Waals surface area contributed by atoms with Crippen molar-refractivity contribution < 1.29 is 19.8 Å². The van der Waals surface area contributed by atoms with Gasteiger partial charge in [0.2, 0.25) is 0 Å². The van der Waals surface area contributed by atoms with Crippen molar-refractivity contribution in [2.75, 3.05) is 13.1 Å². The lowest BCUT2D eigenvalue weighted by Crippen LogP contribution is -2.34. The first-order valence-corrected chi connectivity index (χ1v) is 7.53. The van der Waals surface area contributed by atoms with E-state index in [1.54, 1.807) is 13.0 Å². The van der Waals surface area contributed by atoms with Crippen molar-refractivity contribution in [2.45, 2.75) is 39.7 Å². The van der Waals surface area contributed by atoms with Crippen LogP contribution in [0.25, 0.3) is 0 Å². The normalized spacial score (nSPS) is 10.2. The van der Waals surface area contributed by atoms with Gasteiger partial charge in [0, 0.05) is 17.8 Å². The second kappa shape index (κ2) is 9.59. The fraction of sp³-hybridized carbons (Fsp3) is 0.471. The molecule has 6 nitrogen and oxygen atoms in total. The Morgan fingerprint density at radius 1 is 1.17 bits per heavy atom. The molecule has 1 heterocycles. The number of aliphatic carboxylic acids is 2. The number of aryl methyl sites for hydroxylation is 1. The lowest BCUT2D eigenvalue weighted by atomic mass is 10.1. The standard InChI is InChI=1S/C17H22N2O4/c1-3-5-7-14-8-13(6-4-2)9-15(18-14)10-19(11-16(20)21)12-17(22)23/h8-9H,3,5,7,10-12H2,1-2H3,(H,20,21)(H,22,23). The number of pyridine rings is 1. The Balaban J connectivity index is 3.01. The molecule has 0 aliphatic rings. The topological polar surface area (TPSA) is 90.7 Å². The predicted octanol–water partition coefficient (Wildman–Crippen LogP) is 1.77. The molecule has 0 fully saturated rings. The summed E-state index contributed by atoms with van der Waals surface area (Å²) < 4.78 is 0. The van der Waals surface area contributed by atoms with E-state index in [2.05, 4.69) is 23.7 Å². The number of hydrogen-bond acceptors (Lipinski definition) is 4. The number of aromatic nitrogens is 1. The first-order chi connectivity index (χ1) is 10.9. The minimum absolute atomic E-state index is 0.164. The van der Waals surface area contributed by atoms with Gasteiger partial charge in [-0.3, -0.25) is 19.5 Å². The maximum Gasteiger partial charge on any atom is 0.317 e. The lowest BCUT2D eigenvalue weighted by molar-refractivity contribution is -0.142. The fourth-order valence-electron chi connectivity index (χ4n) is 2.21. The van der Waals surface area contributed by atoms with Crippen LogP contribution in [0.1, 0.15) is 43.6 Å². The van der Waals surface area contributed by atoms with Crippen molar-refractivity contribution in [1.29, 1.82) is 0 Å². The van der Waals surface area contributed by atoms with Gasteiger partial charge in [0.25, 0.3) is 0 Å². The molecule has 0 unspecified atom stereocenters. The highest BCUT2D eigenvalue weighted by Gasteiger charge is 2.15. The molecule has 124 valence electrons. The van der Waals surface area contributed by atoms with Crippen molar-refractivity contribution in [3.63, 3.8) is 0 Å². The van der Waals surface area contributed by atoms with Crippen LogP contribution in [-0.4, -0.2) is 45.1 Å². The Morgan fingerprint density at radius 3 is 2.30 bits per heavy atom. The molecule has 0 amide bonds. The van der Waals surface area contributed by atoms with Gasteiger partial charge in [-0.15, -0.1) is 5.92 Å². The highest BCUT2D eigenvalue weighted by atomic mass is 16.4. The summed E-state index contributed by atoms with van der Waals surface area (Å²) in [7, 11) is 0. The number of unbranched alkanes of at least 4 members (excludes halogenated alkanes) is 1. The number of hydrogen-bond donors (Lipinski definition) is 2. The van der Waals surface area contributed by atoms with Crippen LogP contribution in [0.2, 0.25) is 0 Å². The first kappa shape index (κ1) is 18.7. The molecule has 23 heavy (non-hydrogen) atoms. The second-order valence-electron chi connectivity index (χ2n) is 5.25. The van der Waals surface area contributed by atoms with Crippen LogP contribution in [-0.2, 0) is 22.6 Å². The summed E-state index contributed by atoms with van der Waals surface area (Å²) >= 11 is 0. The molecular weight excluding hydrogens is 296 g/mol. The van der Waals surface area contributed by atoms with E-state index < -0.39 is 11.9 Å². The second-order valence-corrected chi connectivity index (χ2v) is 5.25. The van der Waals surface area contributed by atoms with Gasteiger partial charge in [-0.05, 0) is 31.9 Å². The molecule has 0 atom stereocenters. The molecule has 2 N–H and O–H groups in total. The molecule has 6 heteroatoms. The molecule has 0 spiro atoms. The molecule has 0 aromatic carbocycles. The van der Waals surface area contributed by atoms with Crippen molar-refractivity contribution >= 4 is 11.9 Å². The molecule has 0 bridgehead atoms. The van der Waals surface area contributed by atoms with Crippen LogP contribution in [0.4, 0.5) is 0 Å². The Bertz CT molecular complexity index is 601. The van der Waals surface area contributed by atoms with Crippen LogP contribution < -0.4 is 0 Å². The Morgan fingerprint density at radius 2 is 1.78 bits per heavy atom. The average Bonchev–Trinajstić information content (AvgIpc) is 2.43. The monoisotopic (exact) mass is 318 g/mol. The SMILES string of the molecule is CC#Cc1cc(CCCC)nc(CN(CC(=O)O)CC(=O)O)c1. The average molecular weight is 318 g/mol. The van der Waals surface area contributed by atoms with E-state index in [0.717, 1.165) is 30.5 Å². The van der Waals surface area contributed by atoms with Crippen LogP contribution >= 0.6 is 0 Å². The van der Waals surface area contributed by atoms with Crippen molar-refractivity contribution in [3.8, 4) is 11.8 Å². The molecule has 0 saturated carbocycles. The summed E-state index contributed by atoms with van der Waals surface area (Å²) in [5.74, 6) is 3.68. The molecule has 1 rings (SSSR count). The summed E-state index contributed by atoms with van der Waals surface area (Å²) in [5.41, 5.74) is 2.35. The molecule has 0 saturated heterocycles. The van der Waals surface area contributed by atoms with Gasteiger partial charge < -0.3 is 10.2 Å². The zero-order valence-electron chi connectivity index (χ0n) is 13.5. The minimum atomic E-state index is -1.07. The number of carbonyl (C=O) groups is 2. The van der Waals surface area contributed by atoms with Gasteiger partial charge in [0.1, 0.15) is 0 Å². The molecule has 1 aromatic heterocycles. The lowest BCUT2D eigenvalue weighted by Gasteiger charge is -2.18. The van der Waals surface area contributed by atoms with E-state index in [0.29, 0.717) is 5.69 Å². The number of carboxylic acid groups (broad SMARTS) is 2. The van der Waals surface area contributed by atoms with Crippen LogP contribution in [0, 0.1) is 11.8 Å². The predicted molar refractivity (Wildman–Crippen MR) is 85.9 cm³/mol.